The lowest BCUT2D eigenvalue weighted by Crippen LogP contribution is -2.31. The fourth-order valence-corrected chi connectivity index (χ4v) is 2.08. The number of carboxylic acid groups (broad SMARTS) is 1. The summed E-state index contributed by atoms with van der Waals surface area (Å²) in [6, 6.07) is 0. The van der Waals surface area contributed by atoms with E-state index in [4.69, 9.17) is 10.1 Å². The lowest BCUT2D eigenvalue weighted by atomic mass is 9.80. The molecule has 0 amide bonds. The second-order valence-corrected chi connectivity index (χ2v) is 4.72. The molecule has 0 aromatic carbocycles. The summed E-state index contributed by atoms with van der Waals surface area (Å²) in [6.07, 6.45) is 4.15. The van der Waals surface area contributed by atoms with Crippen molar-refractivity contribution in [2.75, 3.05) is 0 Å². The topological polar surface area (TPSA) is 77.8 Å². The second kappa shape index (κ2) is 9.48. The molecule has 0 radical (unpaired) electrons. The van der Waals surface area contributed by atoms with Gasteiger partial charge < -0.3 is 15.2 Å². The Morgan fingerprint density at radius 1 is 1.29 bits per heavy atom. The highest BCUT2D eigenvalue weighted by Crippen LogP contribution is 2.25. The lowest BCUT2D eigenvalue weighted by Gasteiger charge is -2.26. The van der Waals surface area contributed by atoms with Crippen molar-refractivity contribution in [2.45, 2.75) is 58.4 Å². The molecule has 0 aliphatic rings. The van der Waals surface area contributed by atoms with Crippen LogP contribution in [0.3, 0.4) is 0 Å². The van der Waals surface area contributed by atoms with Gasteiger partial charge in [0.25, 0.3) is 7.48 Å². The minimum absolute atomic E-state index is 0.124. The van der Waals surface area contributed by atoms with Gasteiger partial charge >= 0.3 is 5.97 Å². The van der Waals surface area contributed by atoms with Crippen LogP contribution in [-0.4, -0.2) is 34.8 Å². The van der Waals surface area contributed by atoms with Crippen LogP contribution in [0.1, 0.15) is 46.0 Å². The summed E-state index contributed by atoms with van der Waals surface area (Å²) in [5.74, 6) is -1.58. The molecule has 0 spiro atoms. The van der Waals surface area contributed by atoms with Gasteiger partial charge in [-0.05, 0) is 18.8 Å². The van der Waals surface area contributed by atoms with Gasteiger partial charge in [-0.3, -0.25) is 4.79 Å². The highest BCUT2D eigenvalue weighted by Gasteiger charge is 2.29. The average molecular weight is 244 g/mol. The molecule has 17 heavy (non-hydrogen) atoms. The molecule has 5 heteroatoms. The summed E-state index contributed by atoms with van der Waals surface area (Å²) in [4.78, 5) is 11.0. The molecule has 0 aliphatic carbocycles. The zero-order chi connectivity index (χ0) is 13.3. The van der Waals surface area contributed by atoms with Crippen LogP contribution in [0.15, 0.2) is 0 Å². The molecule has 0 saturated heterocycles. The number of carbonyl (C=O) groups is 1. The minimum Gasteiger partial charge on any atom is -0.481 e. The van der Waals surface area contributed by atoms with Gasteiger partial charge in [0.05, 0.1) is 12.0 Å². The van der Waals surface area contributed by atoms with Crippen molar-refractivity contribution in [1.29, 1.82) is 0 Å². The van der Waals surface area contributed by atoms with Gasteiger partial charge in [-0.15, -0.1) is 0 Å². The second-order valence-electron chi connectivity index (χ2n) is 4.72. The van der Waals surface area contributed by atoms with Crippen LogP contribution in [0.5, 0.6) is 0 Å². The Balaban J connectivity index is 4.31. The van der Waals surface area contributed by atoms with Gasteiger partial charge in [-0.2, -0.15) is 0 Å². The Kier molecular flexibility index (Phi) is 9.18. The quantitative estimate of drug-likeness (QED) is 0.401. The van der Waals surface area contributed by atoms with E-state index in [1.807, 2.05) is 6.92 Å². The van der Waals surface area contributed by atoms with Gasteiger partial charge in [0.15, 0.2) is 0 Å². The van der Waals surface area contributed by atoms with Crippen LogP contribution >= 0.6 is 0 Å². The average Bonchev–Trinajstić information content (AvgIpc) is 2.30. The Labute approximate surface area is 104 Å². The van der Waals surface area contributed by atoms with Gasteiger partial charge in [0.1, 0.15) is 0 Å². The van der Waals surface area contributed by atoms with Crippen molar-refractivity contribution in [3.8, 4) is 0 Å². The summed E-state index contributed by atoms with van der Waals surface area (Å²) in [5, 5.41) is 27.8. The van der Waals surface area contributed by atoms with E-state index in [-0.39, 0.29) is 13.4 Å². The van der Waals surface area contributed by atoms with Crippen LogP contribution in [0, 0.1) is 11.8 Å². The molecule has 0 saturated carbocycles. The Morgan fingerprint density at radius 2 is 1.94 bits per heavy atom. The molecule has 0 fully saturated rings. The molecule has 0 aromatic heterocycles. The molecular weight excluding hydrogens is 219 g/mol. The molecule has 0 heterocycles. The summed E-state index contributed by atoms with van der Waals surface area (Å²) in [7, 11) is 0.124. The molecule has 0 aromatic rings. The van der Waals surface area contributed by atoms with Crippen LogP contribution in [0.25, 0.3) is 0 Å². The highest BCUT2D eigenvalue weighted by atomic mass is 16.4. The van der Waals surface area contributed by atoms with Crippen molar-refractivity contribution in [2.24, 2.45) is 11.8 Å². The maximum absolute atomic E-state index is 11.0. The fourth-order valence-electron chi connectivity index (χ4n) is 2.08. The normalized spacial score (nSPS) is 16.2. The number of aliphatic hydroxyl groups excluding tert-OH is 1. The van der Waals surface area contributed by atoms with E-state index in [1.54, 1.807) is 6.92 Å². The van der Waals surface area contributed by atoms with Crippen LogP contribution in [0.2, 0.25) is 6.32 Å². The van der Waals surface area contributed by atoms with E-state index in [2.05, 4.69) is 0 Å². The first-order chi connectivity index (χ1) is 8.04. The number of aliphatic carboxylic acids is 1. The number of hydrogen-bond acceptors (Lipinski definition) is 3. The molecule has 3 unspecified atom stereocenters. The molecule has 4 nitrogen and oxygen atoms in total. The largest absolute Gasteiger partial charge is 0.481 e. The molecule has 0 rings (SSSR count). The third kappa shape index (κ3) is 6.69. The number of rotatable bonds is 10. The van der Waals surface area contributed by atoms with E-state index < -0.39 is 18.0 Å². The Morgan fingerprint density at radius 3 is 2.41 bits per heavy atom. The van der Waals surface area contributed by atoms with Crippen LogP contribution in [0.4, 0.5) is 0 Å². The smallest absolute Gasteiger partial charge is 0.306 e. The SMILES string of the molecule is CCCCC(O)C(CCCBO)C(C)C(=O)O. The zero-order valence-corrected chi connectivity index (χ0v) is 10.9. The van der Waals surface area contributed by atoms with Crippen LogP contribution in [-0.2, 0) is 4.79 Å². The molecule has 3 atom stereocenters. The summed E-state index contributed by atoms with van der Waals surface area (Å²) in [6.45, 7) is 3.70. The van der Waals surface area contributed by atoms with Crippen LogP contribution < -0.4 is 0 Å². The first-order valence-corrected chi connectivity index (χ1v) is 6.56. The highest BCUT2D eigenvalue weighted by molar-refractivity contribution is 6.25. The Bertz CT molecular complexity index is 211. The van der Waals surface area contributed by atoms with Crippen molar-refractivity contribution >= 4 is 13.5 Å². The van der Waals surface area contributed by atoms with Crippen molar-refractivity contribution in [3.63, 3.8) is 0 Å². The summed E-state index contributed by atoms with van der Waals surface area (Å²) < 4.78 is 0. The molecular formula is C12H25BO4. The monoisotopic (exact) mass is 244 g/mol. The number of carboxylic acids is 1. The maximum atomic E-state index is 11.0. The van der Waals surface area contributed by atoms with E-state index in [0.29, 0.717) is 19.2 Å². The first-order valence-electron chi connectivity index (χ1n) is 6.56. The van der Waals surface area contributed by atoms with E-state index in [1.165, 1.54) is 0 Å². The van der Waals surface area contributed by atoms with Gasteiger partial charge in [0, 0.05) is 0 Å². The van der Waals surface area contributed by atoms with Gasteiger partial charge in [-0.25, -0.2) is 0 Å². The minimum atomic E-state index is -0.852. The molecule has 0 bridgehead atoms. The summed E-state index contributed by atoms with van der Waals surface area (Å²) in [5.41, 5.74) is 0. The third-order valence-electron chi connectivity index (χ3n) is 3.32. The van der Waals surface area contributed by atoms with Gasteiger partial charge in [0.2, 0.25) is 0 Å². The summed E-state index contributed by atoms with van der Waals surface area (Å²) >= 11 is 0. The predicted octanol–water partition coefficient (Wildman–Crippen LogP) is 1.42. The van der Waals surface area contributed by atoms with Gasteiger partial charge in [-0.1, -0.05) is 39.4 Å². The number of aliphatic hydroxyl groups is 1. The number of unbranched alkanes of at least 4 members (excludes halogenated alkanes) is 1. The number of hydrogen-bond donors (Lipinski definition) is 3. The van der Waals surface area contributed by atoms with E-state index >= 15 is 0 Å². The van der Waals surface area contributed by atoms with Crippen molar-refractivity contribution in [3.05, 3.63) is 0 Å². The first kappa shape index (κ1) is 16.5. The van der Waals surface area contributed by atoms with Crippen molar-refractivity contribution < 1.29 is 20.0 Å². The van der Waals surface area contributed by atoms with Crippen molar-refractivity contribution in [1.82, 2.24) is 0 Å². The predicted molar refractivity (Wildman–Crippen MR) is 69.2 cm³/mol. The lowest BCUT2D eigenvalue weighted by molar-refractivity contribution is -0.145. The maximum Gasteiger partial charge on any atom is 0.306 e. The zero-order valence-electron chi connectivity index (χ0n) is 10.9. The molecule has 0 aliphatic heterocycles. The van der Waals surface area contributed by atoms with E-state index in [9.17, 15) is 9.90 Å². The fraction of sp³-hybridized carbons (Fsp3) is 0.917. The third-order valence-corrected chi connectivity index (χ3v) is 3.32. The standard InChI is InChI=1S/C12H25BO4/c1-3-4-7-11(14)10(6-5-8-13-17)9(2)12(15)16/h9-11,13-14,17H,3-8H2,1-2H3,(H,15,16). The molecule has 3 N–H and O–H groups in total. The van der Waals surface area contributed by atoms with E-state index in [0.717, 1.165) is 19.3 Å². The molecule has 100 valence electrons. The Hall–Kier alpha value is -0.545.